The molecule has 2 heterocycles. The Labute approximate surface area is 178 Å². The lowest BCUT2D eigenvalue weighted by Crippen LogP contribution is -2.52. The van der Waals surface area contributed by atoms with Crippen LogP contribution in [-0.2, 0) is 14.3 Å². The van der Waals surface area contributed by atoms with Gasteiger partial charge in [-0.15, -0.1) is 0 Å². The van der Waals surface area contributed by atoms with Crippen LogP contribution in [0.4, 0.5) is 4.79 Å². The van der Waals surface area contributed by atoms with E-state index >= 15 is 0 Å². The van der Waals surface area contributed by atoms with Gasteiger partial charge in [0.05, 0.1) is 18.2 Å². The SMILES string of the molecule is CCOC(=O)C1=C(CN2CCN(C(C)=O)CC2)NC(=O)N[C@H]1c1cccc(Br)c1. The lowest BCUT2D eigenvalue weighted by molar-refractivity contribution is -0.139. The minimum absolute atomic E-state index is 0.0564. The summed E-state index contributed by atoms with van der Waals surface area (Å²) < 4.78 is 6.15. The Bertz CT molecular complexity index is 834. The second-order valence-electron chi connectivity index (χ2n) is 6.98. The predicted molar refractivity (Wildman–Crippen MR) is 111 cm³/mol. The molecule has 1 atom stereocenters. The summed E-state index contributed by atoms with van der Waals surface area (Å²) in [5.41, 5.74) is 1.73. The maximum atomic E-state index is 12.8. The average molecular weight is 465 g/mol. The van der Waals surface area contributed by atoms with Crippen LogP contribution in [0.25, 0.3) is 0 Å². The number of amides is 3. The van der Waals surface area contributed by atoms with E-state index in [1.54, 1.807) is 18.7 Å². The molecular formula is C20H25BrN4O4. The first-order valence-electron chi connectivity index (χ1n) is 9.60. The fourth-order valence-electron chi connectivity index (χ4n) is 3.57. The van der Waals surface area contributed by atoms with E-state index in [2.05, 4.69) is 31.5 Å². The highest BCUT2D eigenvalue weighted by atomic mass is 79.9. The number of halogens is 1. The fraction of sp³-hybridized carbons (Fsp3) is 0.450. The number of hydrogen-bond donors (Lipinski definition) is 2. The summed E-state index contributed by atoms with van der Waals surface area (Å²) in [6.45, 7) is 6.55. The van der Waals surface area contributed by atoms with Crippen molar-refractivity contribution in [1.29, 1.82) is 0 Å². The van der Waals surface area contributed by atoms with Gasteiger partial charge in [0.15, 0.2) is 0 Å². The molecule has 3 rings (SSSR count). The van der Waals surface area contributed by atoms with E-state index in [9.17, 15) is 14.4 Å². The van der Waals surface area contributed by atoms with Crippen LogP contribution >= 0.6 is 15.9 Å². The molecule has 1 aromatic carbocycles. The summed E-state index contributed by atoms with van der Waals surface area (Å²) in [6.07, 6.45) is 0. The molecule has 29 heavy (non-hydrogen) atoms. The first-order chi connectivity index (χ1) is 13.9. The minimum Gasteiger partial charge on any atom is -0.463 e. The van der Waals surface area contributed by atoms with Crippen molar-refractivity contribution in [2.24, 2.45) is 0 Å². The Morgan fingerprint density at radius 2 is 1.97 bits per heavy atom. The van der Waals surface area contributed by atoms with Gasteiger partial charge in [-0.3, -0.25) is 9.69 Å². The number of nitrogens with one attached hydrogen (secondary N) is 2. The largest absolute Gasteiger partial charge is 0.463 e. The average Bonchev–Trinajstić information content (AvgIpc) is 2.68. The number of rotatable bonds is 5. The van der Waals surface area contributed by atoms with Crippen molar-refractivity contribution >= 4 is 33.8 Å². The monoisotopic (exact) mass is 464 g/mol. The Morgan fingerprint density at radius 3 is 2.59 bits per heavy atom. The van der Waals surface area contributed by atoms with Gasteiger partial charge in [-0.1, -0.05) is 28.1 Å². The molecule has 0 spiro atoms. The first-order valence-corrected chi connectivity index (χ1v) is 10.4. The molecule has 8 nitrogen and oxygen atoms in total. The number of esters is 1. The van der Waals surface area contributed by atoms with E-state index < -0.39 is 12.0 Å². The van der Waals surface area contributed by atoms with Gasteiger partial charge in [0.1, 0.15) is 0 Å². The molecule has 1 aromatic rings. The maximum absolute atomic E-state index is 12.8. The number of ether oxygens (including phenoxy) is 1. The molecule has 1 saturated heterocycles. The van der Waals surface area contributed by atoms with Crippen LogP contribution in [0, 0.1) is 0 Å². The zero-order chi connectivity index (χ0) is 21.0. The van der Waals surface area contributed by atoms with Crippen molar-refractivity contribution in [2.75, 3.05) is 39.3 Å². The second-order valence-corrected chi connectivity index (χ2v) is 7.90. The Morgan fingerprint density at radius 1 is 1.24 bits per heavy atom. The topological polar surface area (TPSA) is 91.0 Å². The summed E-state index contributed by atoms with van der Waals surface area (Å²) >= 11 is 3.44. The van der Waals surface area contributed by atoms with Crippen molar-refractivity contribution in [1.82, 2.24) is 20.4 Å². The van der Waals surface area contributed by atoms with Crippen molar-refractivity contribution in [2.45, 2.75) is 19.9 Å². The van der Waals surface area contributed by atoms with Gasteiger partial charge in [0.25, 0.3) is 0 Å². The summed E-state index contributed by atoms with van der Waals surface area (Å²) in [5, 5.41) is 5.63. The van der Waals surface area contributed by atoms with E-state index in [0.29, 0.717) is 44.0 Å². The number of carbonyl (C=O) groups is 3. The van der Waals surface area contributed by atoms with Crippen LogP contribution in [0.2, 0.25) is 0 Å². The lowest BCUT2D eigenvalue weighted by atomic mass is 9.95. The second kappa shape index (κ2) is 9.41. The van der Waals surface area contributed by atoms with Gasteiger partial charge in [-0.2, -0.15) is 0 Å². The van der Waals surface area contributed by atoms with Crippen LogP contribution in [0.1, 0.15) is 25.5 Å². The molecule has 0 unspecified atom stereocenters. The normalized spacial score (nSPS) is 20.2. The zero-order valence-electron chi connectivity index (χ0n) is 16.5. The third-order valence-corrected chi connectivity index (χ3v) is 5.52. The number of piperazine rings is 1. The van der Waals surface area contributed by atoms with Gasteiger partial charge < -0.3 is 20.3 Å². The fourth-order valence-corrected chi connectivity index (χ4v) is 3.99. The van der Waals surface area contributed by atoms with E-state index in [-0.39, 0.29) is 18.5 Å². The highest BCUT2D eigenvalue weighted by Gasteiger charge is 2.34. The Balaban J connectivity index is 1.90. The minimum atomic E-state index is -0.603. The van der Waals surface area contributed by atoms with E-state index in [0.717, 1.165) is 10.0 Å². The highest BCUT2D eigenvalue weighted by Crippen LogP contribution is 2.29. The van der Waals surface area contributed by atoms with Crippen molar-refractivity contribution in [3.8, 4) is 0 Å². The zero-order valence-corrected chi connectivity index (χ0v) is 18.1. The van der Waals surface area contributed by atoms with Gasteiger partial charge in [-0.05, 0) is 24.6 Å². The molecule has 0 bridgehead atoms. The smallest absolute Gasteiger partial charge is 0.338 e. The molecule has 1 fully saturated rings. The molecule has 2 aliphatic rings. The summed E-state index contributed by atoms with van der Waals surface area (Å²) in [7, 11) is 0. The maximum Gasteiger partial charge on any atom is 0.338 e. The molecule has 2 aliphatic heterocycles. The Hall–Kier alpha value is -2.39. The number of nitrogens with zero attached hydrogens (tertiary/aromatic N) is 2. The van der Waals surface area contributed by atoms with Crippen LogP contribution < -0.4 is 10.6 Å². The van der Waals surface area contributed by atoms with Crippen molar-refractivity contribution < 1.29 is 19.1 Å². The molecule has 9 heteroatoms. The molecular weight excluding hydrogens is 440 g/mol. The molecule has 2 N–H and O–H groups in total. The quantitative estimate of drug-likeness (QED) is 0.648. The Kier molecular flexibility index (Phi) is 6.92. The predicted octanol–water partition coefficient (Wildman–Crippen LogP) is 1.78. The third-order valence-electron chi connectivity index (χ3n) is 5.03. The van der Waals surface area contributed by atoms with Crippen molar-refractivity contribution in [3.05, 3.63) is 45.6 Å². The molecule has 0 radical (unpaired) electrons. The van der Waals surface area contributed by atoms with Gasteiger partial charge in [0.2, 0.25) is 5.91 Å². The number of hydrogen-bond acceptors (Lipinski definition) is 5. The van der Waals surface area contributed by atoms with Crippen molar-refractivity contribution in [3.63, 3.8) is 0 Å². The van der Waals surface area contributed by atoms with Gasteiger partial charge in [0, 0.05) is 49.8 Å². The van der Waals surface area contributed by atoms with Crippen LogP contribution in [0.15, 0.2) is 40.0 Å². The molecule has 0 saturated carbocycles. The first kappa shape index (κ1) is 21.3. The van der Waals surface area contributed by atoms with E-state index in [1.807, 2.05) is 24.3 Å². The van der Waals surface area contributed by atoms with Crippen LogP contribution in [0.3, 0.4) is 0 Å². The van der Waals surface area contributed by atoms with E-state index in [1.165, 1.54) is 0 Å². The molecule has 156 valence electrons. The standard InChI is InChI=1S/C20H25BrN4O4/c1-3-29-19(27)17-16(12-24-7-9-25(10-8-24)13(2)26)22-20(28)23-18(17)14-5-4-6-15(21)11-14/h4-6,11,18H,3,7-10,12H2,1-2H3,(H2,22,23,28)/t18-/m0/s1. The van der Waals surface area contributed by atoms with Gasteiger partial charge >= 0.3 is 12.0 Å². The molecule has 0 aromatic heterocycles. The summed E-state index contributed by atoms with van der Waals surface area (Å²) in [5.74, 6) is -0.400. The van der Waals surface area contributed by atoms with Gasteiger partial charge in [-0.25, -0.2) is 9.59 Å². The molecule has 0 aliphatic carbocycles. The number of carbonyl (C=O) groups excluding carboxylic acids is 3. The summed E-state index contributed by atoms with van der Waals surface area (Å²) in [6, 6.07) is 6.52. The molecule has 3 amide bonds. The van der Waals surface area contributed by atoms with Crippen LogP contribution in [0.5, 0.6) is 0 Å². The van der Waals surface area contributed by atoms with E-state index in [4.69, 9.17) is 4.74 Å². The number of benzene rings is 1. The lowest BCUT2D eigenvalue weighted by Gasteiger charge is -2.36. The highest BCUT2D eigenvalue weighted by molar-refractivity contribution is 9.10. The summed E-state index contributed by atoms with van der Waals surface area (Å²) in [4.78, 5) is 40.6. The number of urea groups is 1. The third kappa shape index (κ3) is 5.16. The van der Waals surface area contributed by atoms with Crippen LogP contribution in [-0.4, -0.2) is 67.0 Å².